The number of amides is 1. The first kappa shape index (κ1) is 23.4. The van der Waals surface area contributed by atoms with E-state index in [4.69, 9.17) is 16.3 Å². The Morgan fingerprint density at radius 3 is 2.52 bits per heavy atom. The quantitative estimate of drug-likeness (QED) is 0.382. The van der Waals surface area contributed by atoms with E-state index >= 15 is 0 Å². The van der Waals surface area contributed by atoms with Gasteiger partial charge in [0.15, 0.2) is 0 Å². The maximum absolute atomic E-state index is 14.1. The lowest BCUT2D eigenvalue weighted by Gasteiger charge is -2.31. The van der Waals surface area contributed by atoms with Crippen LogP contribution in [-0.2, 0) is 17.8 Å². The third-order valence-corrected chi connectivity index (χ3v) is 6.76. The first-order chi connectivity index (χ1) is 15.9. The molecule has 4 rings (SSSR count). The molecule has 1 amide bonds. The molecular formula is C29H32ClNO2. The molecule has 1 aliphatic carbocycles. The average molecular weight is 462 g/mol. The molecule has 4 heteroatoms. The Hall–Kier alpha value is -2.78. The second kappa shape index (κ2) is 10.0. The van der Waals surface area contributed by atoms with Gasteiger partial charge in [-0.05, 0) is 96.3 Å². The molecule has 0 saturated heterocycles. The van der Waals surface area contributed by atoms with Gasteiger partial charge in [-0.15, -0.1) is 0 Å². The van der Waals surface area contributed by atoms with Crippen LogP contribution in [-0.4, -0.2) is 13.0 Å². The Labute approximate surface area is 202 Å². The Kier molecular flexibility index (Phi) is 7.09. The van der Waals surface area contributed by atoms with Crippen molar-refractivity contribution >= 4 is 23.2 Å². The first-order valence-corrected chi connectivity index (χ1v) is 12.1. The van der Waals surface area contributed by atoms with Crippen molar-refractivity contribution in [3.8, 4) is 5.75 Å². The molecule has 1 aliphatic rings. The SMILES string of the molecule is COc1ccc2c(c1)C(C(=O)N(Cc1cc(C)cc(Cl)c1)c1ccc(C(C)C)cc1)CCC2. The summed E-state index contributed by atoms with van der Waals surface area (Å²) < 4.78 is 5.47. The topological polar surface area (TPSA) is 29.5 Å². The summed E-state index contributed by atoms with van der Waals surface area (Å²) in [5.74, 6) is 1.18. The second-order valence-corrected chi connectivity index (χ2v) is 9.75. The van der Waals surface area contributed by atoms with Gasteiger partial charge >= 0.3 is 0 Å². The van der Waals surface area contributed by atoms with Crippen LogP contribution in [0, 0.1) is 6.92 Å². The number of aryl methyl sites for hydroxylation is 2. The van der Waals surface area contributed by atoms with Crippen LogP contribution in [0.25, 0.3) is 0 Å². The molecule has 3 aromatic rings. The smallest absolute Gasteiger partial charge is 0.234 e. The molecule has 0 spiro atoms. The lowest BCUT2D eigenvalue weighted by atomic mass is 9.81. The van der Waals surface area contributed by atoms with E-state index in [1.54, 1.807) is 7.11 Å². The minimum absolute atomic E-state index is 0.124. The Morgan fingerprint density at radius 2 is 1.85 bits per heavy atom. The highest BCUT2D eigenvalue weighted by atomic mass is 35.5. The summed E-state index contributed by atoms with van der Waals surface area (Å²) in [7, 11) is 1.67. The molecule has 0 fully saturated rings. The van der Waals surface area contributed by atoms with Crippen molar-refractivity contribution in [1.82, 2.24) is 0 Å². The van der Waals surface area contributed by atoms with Crippen LogP contribution in [0.4, 0.5) is 5.69 Å². The Balaban J connectivity index is 1.73. The van der Waals surface area contributed by atoms with Gasteiger partial charge in [0.25, 0.3) is 0 Å². The second-order valence-electron chi connectivity index (χ2n) is 9.32. The molecule has 0 N–H and O–H groups in total. The van der Waals surface area contributed by atoms with Crippen LogP contribution in [0.5, 0.6) is 5.75 Å². The zero-order valence-electron chi connectivity index (χ0n) is 19.9. The molecule has 0 bridgehead atoms. The Bertz CT molecular complexity index is 1120. The van der Waals surface area contributed by atoms with Gasteiger partial charge in [-0.25, -0.2) is 0 Å². The van der Waals surface area contributed by atoms with Crippen molar-refractivity contribution in [2.75, 3.05) is 12.0 Å². The molecule has 3 nitrogen and oxygen atoms in total. The number of rotatable bonds is 6. The normalized spacial score (nSPS) is 15.3. The summed E-state index contributed by atoms with van der Waals surface area (Å²) in [6, 6.07) is 20.5. The number of nitrogens with zero attached hydrogens (tertiary/aromatic N) is 1. The molecule has 0 aliphatic heterocycles. The van der Waals surface area contributed by atoms with E-state index in [1.807, 2.05) is 36.1 Å². The van der Waals surface area contributed by atoms with Crippen molar-refractivity contribution in [3.05, 3.63) is 93.5 Å². The molecule has 0 aromatic heterocycles. The van der Waals surface area contributed by atoms with Gasteiger partial charge in [-0.1, -0.05) is 49.7 Å². The van der Waals surface area contributed by atoms with Crippen LogP contribution in [0.2, 0.25) is 5.02 Å². The number of ether oxygens (including phenoxy) is 1. The van der Waals surface area contributed by atoms with Crippen molar-refractivity contribution in [1.29, 1.82) is 0 Å². The van der Waals surface area contributed by atoms with Crippen LogP contribution < -0.4 is 9.64 Å². The molecule has 0 heterocycles. The number of hydrogen-bond donors (Lipinski definition) is 0. The van der Waals surface area contributed by atoms with Gasteiger partial charge in [0, 0.05) is 10.7 Å². The summed E-state index contributed by atoms with van der Waals surface area (Å²) in [6.45, 7) is 6.87. The predicted molar refractivity (Wildman–Crippen MR) is 137 cm³/mol. The van der Waals surface area contributed by atoms with E-state index in [-0.39, 0.29) is 11.8 Å². The van der Waals surface area contributed by atoms with E-state index < -0.39 is 0 Å². The van der Waals surface area contributed by atoms with E-state index in [9.17, 15) is 4.79 Å². The minimum atomic E-state index is -0.186. The van der Waals surface area contributed by atoms with E-state index in [2.05, 4.69) is 50.2 Å². The zero-order valence-corrected chi connectivity index (χ0v) is 20.7. The fraction of sp³-hybridized carbons (Fsp3) is 0.345. The number of benzene rings is 3. The summed E-state index contributed by atoms with van der Waals surface area (Å²) >= 11 is 6.35. The molecule has 3 aromatic carbocycles. The fourth-order valence-corrected chi connectivity index (χ4v) is 5.08. The molecule has 0 saturated carbocycles. The van der Waals surface area contributed by atoms with Crippen molar-refractivity contribution in [2.45, 2.75) is 58.4 Å². The van der Waals surface area contributed by atoms with Gasteiger partial charge < -0.3 is 9.64 Å². The lowest BCUT2D eigenvalue weighted by molar-refractivity contribution is -0.120. The van der Waals surface area contributed by atoms with Gasteiger partial charge in [0.2, 0.25) is 5.91 Å². The van der Waals surface area contributed by atoms with Gasteiger partial charge in [-0.3, -0.25) is 4.79 Å². The Morgan fingerprint density at radius 1 is 1.09 bits per heavy atom. The van der Waals surface area contributed by atoms with Crippen LogP contribution >= 0.6 is 11.6 Å². The number of carbonyl (C=O) groups is 1. The minimum Gasteiger partial charge on any atom is -0.497 e. The van der Waals surface area contributed by atoms with Crippen molar-refractivity contribution in [3.63, 3.8) is 0 Å². The maximum atomic E-state index is 14.1. The predicted octanol–water partition coefficient (Wildman–Crippen LogP) is 7.43. The number of halogens is 1. The third kappa shape index (κ3) is 5.25. The van der Waals surface area contributed by atoms with Gasteiger partial charge in [0.1, 0.15) is 5.75 Å². The number of carbonyl (C=O) groups excluding carboxylic acids is 1. The molecular weight excluding hydrogens is 430 g/mol. The standard InChI is InChI=1S/C29H32ClNO2/c1-19(2)22-8-11-25(12-9-22)31(18-21-14-20(3)15-24(30)16-21)29(32)27-7-5-6-23-10-13-26(33-4)17-28(23)27/h8-17,19,27H,5-7,18H2,1-4H3. The average Bonchev–Trinajstić information content (AvgIpc) is 2.81. The van der Waals surface area contributed by atoms with Gasteiger partial charge in [-0.2, -0.15) is 0 Å². The van der Waals surface area contributed by atoms with Crippen molar-refractivity contribution in [2.24, 2.45) is 0 Å². The van der Waals surface area contributed by atoms with Crippen LogP contribution in [0.1, 0.15) is 66.3 Å². The largest absolute Gasteiger partial charge is 0.497 e. The summed E-state index contributed by atoms with van der Waals surface area (Å²) in [6.07, 6.45) is 2.85. The number of methoxy groups -OCH3 is 1. The van der Waals surface area contributed by atoms with Crippen molar-refractivity contribution < 1.29 is 9.53 Å². The van der Waals surface area contributed by atoms with Crippen LogP contribution in [0.3, 0.4) is 0 Å². The van der Waals surface area contributed by atoms with E-state index in [0.717, 1.165) is 47.4 Å². The summed E-state index contributed by atoms with van der Waals surface area (Å²) in [5, 5.41) is 0.695. The molecule has 172 valence electrons. The highest BCUT2D eigenvalue weighted by Crippen LogP contribution is 2.37. The summed E-state index contributed by atoms with van der Waals surface area (Å²) in [4.78, 5) is 16.0. The first-order valence-electron chi connectivity index (χ1n) is 11.7. The number of anilines is 1. The molecule has 0 radical (unpaired) electrons. The van der Waals surface area contributed by atoms with Crippen LogP contribution in [0.15, 0.2) is 60.7 Å². The monoisotopic (exact) mass is 461 g/mol. The highest BCUT2D eigenvalue weighted by molar-refractivity contribution is 6.30. The highest BCUT2D eigenvalue weighted by Gasteiger charge is 2.31. The van der Waals surface area contributed by atoms with E-state index in [1.165, 1.54) is 11.1 Å². The molecule has 1 unspecified atom stereocenters. The van der Waals surface area contributed by atoms with Gasteiger partial charge in [0.05, 0.1) is 19.6 Å². The fourth-order valence-electron chi connectivity index (χ4n) is 4.77. The molecule has 33 heavy (non-hydrogen) atoms. The maximum Gasteiger partial charge on any atom is 0.234 e. The number of fused-ring (bicyclic) bond motifs is 1. The zero-order chi connectivity index (χ0) is 23.5. The van der Waals surface area contributed by atoms with E-state index in [0.29, 0.717) is 17.5 Å². The lowest BCUT2D eigenvalue weighted by Crippen LogP contribution is -2.36. The molecule has 1 atom stereocenters. The number of hydrogen-bond acceptors (Lipinski definition) is 2. The summed E-state index contributed by atoms with van der Waals surface area (Å²) in [5.41, 5.74) is 6.64. The third-order valence-electron chi connectivity index (χ3n) is 6.55.